The topological polar surface area (TPSA) is 68.0 Å². The lowest BCUT2D eigenvalue weighted by Crippen LogP contribution is -2.22. The van der Waals surface area contributed by atoms with Crippen LogP contribution in [-0.4, -0.2) is 15.9 Å². The largest absolute Gasteiger partial charge is 0.434 e. The number of oxazole rings is 1. The minimum absolute atomic E-state index is 0.176. The first-order valence-electron chi connectivity index (χ1n) is 8.95. The number of aromatic nitrogens is 2. The average molecular weight is 420 g/mol. The fraction of sp³-hybridized carbons (Fsp3) is 0.0455. The Bertz CT molecular complexity index is 1310. The van der Waals surface area contributed by atoms with Crippen molar-refractivity contribution < 1.29 is 9.21 Å². The van der Waals surface area contributed by atoms with E-state index in [1.54, 1.807) is 6.20 Å². The number of carbonyl (C=O) groups is 1. The minimum Gasteiger partial charge on any atom is -0.434 e. The Morgan fingerprint density at radius 1 is 1.07 bits per heavy atom. The Morgan fingerprint density at radius 2 is 1.90 bits per heavy atom. The van der Waals surface area contributed by atoms with E-state index < -0.39 is 0 Å². The van der Waals surface area contributed by atoms with Gasteiger partial charge in [-0.15, -0.1) is 11.3 Å². The van der Waals surface area contributed by atoms with E-state index in [9.17, 15) is 4.79 Å². The predicted molar refractivity (Wildman–Crippen MR) is 115 cm³/mol. The number of rotatable bonds is 4. The number of carbonyl (C=O) groups excluding carboxylic acids is 1. The van der Waals surface area contributed by atoms with Gasteiger partial charge in [-0.2, -0.15) is 4.98 Å². The van der Waals surface area contributed by atoms with Gasteiger partial charge in [-0.1, -0.05) is 41.9 Å². The lowest BCUT2D eigenvalue weighted by atomic mass is 10.1. The molecular formula is C22H14ClN3O2S. The molecule has 1 N–H and O–H groups in total. The van der Waals surface area contributed by atoms with Gasteiger partial charge in [0.25, 0.3) is 5.91 Å². The molecule has 5 nitrogen and oxygen atoms in total. The second kappa shape index (κ2) is 7.31. The van der Waals surface area contributed by atoms with Crippen molar-refractivity contribution in [2.45, 2.75) is 6.54 Å². The lowest BCUT2D eigenvalue weighted by molar-refractivity contribution is 0.0955. The van der Waals surface area contributed by atoms with Gasteiger partial charge in [-0.05, 0) is 35.9 Å². The molecule has 1 amide bonds. The Morgan fingerprint density at radius 3 is 2.69 bits per heavy atom. The summed E-state index contributed by atoms with van der Waals surface area (Å²) in [6, 6.07) is 19.1. The van der Waals surface area contributed by atoms with Crippen LogP contribution in [0, 0.1) is 0 Å². The molecule has 29 heavy (non-hydrogen) atoms. The molecule has 0 fully saturated rings. The Hall–Kier alpha value is -3.22. The van der Waals surface area contributed by atoms with Crippen molar-refractivity contribution in [1.29, 1.82) is 0 Å². The molecule has 0 saturated carbocycles. The summed E-state index contributed by atoms with van der Waals surface area (Å²) in [4.78, 5) is 21.7. The number of benzene rings is 2. The van der Waals surface area contributed by atoms with Gasteiger partial charge in [0.05, 0.1) is 5.02 Å². The van der Waals surface area contributed by atoms with Crippen LogP contribution in [0.5, 0.6) is 0 Å². The van der Waals surface area contributed by atoms with Gasteiger partial charge in [0.15, 0.2) is 11.2 Å². The molecule has 0 aliphatic heterocycles. The maximum absolute atomic E-state index is 12.6. The van der Waals surface area contributed by atoms with Crippen LogP contribution in [0.25, 0.3) is 32.8 Å². The van der Waals surface area contributed by atoms with Crippen LogP contribution >= 0.6 is 22.9 Å². The number of thiophene rings is 1. The van der Waals surface area contributed by atoms with Crippen LogP contribution in [0.4, 0.5) is 0 Å². The smallest absolute Gasteiger partial charge is 0.263 e. The molecule has 0 saturated heterocycles. The van der Waals surface area contributed by atoms with Crippen LogP contribution in [0.2, 0.25) is 5.02 Å². The molecule has 3 aromatic heterocycles. The quantitative estimate of drug-likeness (QED) is 0.406. The minimum atomic E-state index is -0.176. The number of halogens is 1. The average Bonchev–Trinajstić information content (AvgIpc) is 3.34. The predicted octanol–water partition coefficient (Wildman–Crippen LogP) is 5.69. The van der Waals surface area contributed by atoms with Crippen molar-refractivity contribution in [3.05, 3.63) is 82.3 Å². The molecule has 0 unspecified atom stereocenters. The van der Waals surface area contributed by atoms with E-state index in [0.717, 1.165) is 21.2 Å². The molecule has 0 spiro atoms. The number of pyridine rings is 1. The normalized spacial score (nSPS) is 11.2. The summed E-state index contributed by atoms with van der Waals surface area (Å²) in [7, 11) is 0. The molecular weight excluding hydrogens is 406 g/mol. The monoisotopic (exact) mass is 419 g/mol. The van der Waals surface area contributed by atoms with E-state index >= 15 is 0 Å². The Balaban J connectivity index is 1.30. The third-order valence-electron chi connectivity index (χ3n) is 4.56. The van der Waals surface area contributed by atoms with E-state index in [2.05, 4.69) is 15.3 Å². The summed E-state index contributed by atoms with van der Waals surface area (Å²) < 4.78 is 6.74. The fourth-order valence-electron chi connectivity index (χ4n) is 3.08. The molecule has 0 aliphatic carbocycles. The number of nitrogens with zero attached hydrogens (tertiary/aromatic N) is 2. The van der Waals surface area contributed by atoms with Crippen molar-refractivity contribution in [2.24, 2.45) is 0 Å². The highest BCUT2D eigenvalue weighted by molar-refractivity contribution is 7.21. The summed E-state index contributed by atoms with van der Waals surface area (Å²) in [5.41, 5.74) is 3.05. The summed E-state index contributed by atoms with van der Waals surface area (Å²) in [5.74, 6) is 0.344. The van der Waals surface area contributed by atoms with Gasteiger partial charge in [0.2, 0.25) is 5.89 Å². The number of hydrogen-bond acceptors (Lipinski definition) is 5. The number of hydrogen-bond donors (Lipinski definition) is 1. The van der Waals surface area contributed by atoms with E-state index in [-0.39, 0.29) is 5.91 Å². The van der Waals surface area contributed by atoms with Crippen molar-refractivity contribution in [3.8, 4) is 11.5 Å². The molecule has 142 valence electrons. The number of amides is 1. The molecule has 0 bridgehead atoms. The maximum atomic E-state index is 12.6. The van der Waals surface area contributed by atoms with Crippen LogP contribution < -0.4 is 5.32 Å². The van der Waals surface area contributed by atoms with E-state index in [1.807, 2.05) is 60.7 Å². The summed E-state index contributed by atoms with van der Waals surface area (Å²) >= 11 is 7.78. The van der Waals surface area contributed by atoms with Gasteiger partial charge < -0.3 is 9.73 Å². The van der Waals surface area contributed by atoms with Gasteiger partial charge in [-0.3, -0.25) is 4.79 Å². The van der Waals surface area contributed by atoms with Crippen molar-refractivity contribution >= 4 is 50.2 Å². The zero-order valence-corrected chi connectivity index (χ0v) is 16.6. The Kier molecular flexibility index (Phi) is 4.50. The summed E-state index contributed by atoms with van der Waals surface area (Å²) in [6.45, 7) is 0.402. The molecule has 7 heteroatoms. The number of fused-ring (bicyclic) bond motifs is 2. The Labute approximate surface area is 175 Å². The molecule has 0 atom stereocenters. The molecule has 2 aromatic carbocycles. The highest BCUT2D eigenvalue weighted by Crippen LogP contribution is 2.35. The molecule has 0 aliphatic rings. The van der Waals surface area contributed by atoms with E-state index in [1.165, 1.54) is 11.3 Å². The van der Waals surface area contributed by atoms with Crippen molar-refractivity contribution in [1.82, 2.24) is 15.3 Å². The maximum Gasteiger partial charge on any atom is 0.263 e. The summed E-state index contributed by atoms with van der Waals surface area (Å²) in [5, 5.41) is 4.34. The van der Waals surface area contributed by atoms with E-state index in [0.29, 0.717) is 33.6 Å². The number of nitrogens with one attached hydrogen (secondary N) is 1. The first-order valence-corrected chi connectivity index (χ1v) is 10.1. The summed E-state index contributed by atoms with van der Waals surface area (Å²) in [6.07, 6.45) is 1.68. The first kappa shape index (κ1) is 17.8. The van der Waals surface area contributed by atoms with Gasteiger partial charge in [-0.25, -0.2) is 4.98 Å². The van der Waals surface area contributed by atoms with Gasteiger partial charge in [0, 0.05) is 28.4 Å². The second-order valence-corrected chi connectivity index (χ2v) is 7.90. The zero-order chi connectivity index (χ0) is 19.8. The SMILES string of the molecule is O=C(NCc1ccc(-c2nc3ncccc3o2)cc1)c1sc2ccccc2c1Cl. The van der Waals surface area contributed by atoms with Crippen LogP contribution in [0.15, 0.2) is 71.3 Å². The van der Waals surface area contributed by atoms with Gasteiger partial charge >= 0.3 is 0 Å². The van der Waals surface area contributed by atoms with Crippen LogP contribution in [0.1, 0.15) is 15.2 Å². The van der Waals surface area contributed by atoms with Crippen LogP contribution in [-0.2, 0) is 6.54 Å². The molecule has 5 rings (SSSR count). The third kappa shape index (κ3) is 3.37. The first-order chi connectivity index (χ1) is 14.2. The van der Waals surface area contributed by atoms with Crippen molar-refractivity contribution in [3.63, 3.8) is 0 Å². The standard InChI is InChI=1S/C22H14ClN3O2S/c23-18-15-4-1-2-6-17(15)29-19(18)21(27)25-12-13-7-9-14(10-8-13)22-26-20-16(28-22)5-3-11-24-20/h1-11H,12H2,(H,25,27). The molecule has 5 aromatic rings. The molecule has 3 heterocycles. The highest BCUT2D eigenvalue weighted by atomic mass is 35.5. The van der Waals surface area contributed by atoms with Gasteiger partial charge in [0.1, 0.15) is 4.88 Å². The fourth-order valence-corrected chi connectivity index (χ4v) is 4.51. The lowest BCUT2D eigenvalue weighted by Gasteiger charge is -2.05. The van der Waals surface area contributed by atoms with Crippen molar-refractivity contribution in [2.75, 3.05) is 0 Å². The third-order valence-corrected chi connectivity index (χ3v) is 6.23. The highest BCUT2D eigenvalue weighted by Gasteiger charge is 2.16. The van der Waals surface area contributed by atoms with E-state index in [4.69, 9.17) is 16.0 Å². The molecule has 0 radical (unpaired) electrons. The zero-order valence-electron chi connectivity index (χ0n) is 15.1. The second-order valence-electron chi connectivity index (χ2n) is 6.47. The van der Waals surface area contributed by atoms with Crippen LogP contribution in [0.3, 0.4) is 0 Å².